The van der Waals surface area contributed by atoms with Crippen LogP contribution in [0.25, 0.3) is 27.7 Å². The number of nitrogens with one attached hydrogen (secondary N) is 1. The van der Waals surface area contributed by atoms with E-state index in [4.69, 9.17) is 18.6 Å². The zero-order valence-corrected chi connectivity index (χ0v) is 20.6. The summed E-state index contributed by atoms with van der Waals surface area (Å²) in [7, 11) is 3.13. The Bertz CT molecular complexity index is 1390. The van der Waals surface area contributed by atoms with Crippen LogP contribution in [0.3, 0.4) is 0 Å². The number of benzene rings is 3. The molecule has 0 atom stereocenters. The summed E-state index contributed by atoms with van der Waals surface area (Å²) in [5, 5.41) is 3.86. The van der Waals surface area contributed by atoms with Crippen molar-refractivity contribution >= 4 is 28.1 Å². The van der Waals surface area contributed by atoms with Gasteiger partial charge in [-0.1, -0.05) is 30.3 Å². The van der Waals surface area contributed by atoms with Crippen molar-refractivity contribution in [3.8, 4) is 28.4 Å². The van der Waals surface area contributed by atoms with E-state index in [1.807, 2.05) is 57.2 Å². The van der Waals surface area contributed by atoms with Gasteiger partial charge in [0, 0.05) is 34.2 Å². The van der Waals surface area contributed by atoms with Crippen molar-refractivity contribution in [2.45, 2.75) is 20.8 Å². The van der Waals surface area contributed by atoms with Crippen LogP contribution in [0.1, 0.15) is 25.0 Å². The second-order valence-electron chi connectivity index (χ2n) is 8.09. The third-order valence-electron chi connectivity index (χ3n) is 5.85. The number of hydrogen-bond donors (Lipinski definition) is 1. The Hall–Kier alpha value is -4.19. The summed E-state index contributed by atoms with van der Waals surface area (Å²) < 4.78 is 22.6. The maximum Gasteiger partial charge on any atom is 0.248 e. The lowest BCUT2D eigenvalue weighted by molar-refractivity contribution is -0.111. The van der Waals surface area contributed by atoms with Crippen molar-refractivity contribution < 1.29 is 23.4 Å². The minimum absolute atomic E-state index is 0.287. The highest BCUT2D eigenvalue weighted by Gasteiger charge is 2.19. The van der Waals surface area contributed by atoms with Crippen molar-refractivity contribution in [3.05, 3.63) is 78.1 Å². The fourth-order valence-corrected chi connectivity index (χ4v) is 4.14. The van der Waals surface area contributed by atoms with E-state index >= 15 is 0 Å². The second kappa shape index (κ2) is 10.4. The predicted molar refractivity (Wildman–Crippen MR) is 139 cm³/mol. The van der Waals surface area contributed by atoms with Gasteiger partial charge in [0.2, 0.25) is 5.91 Å². The summed E-state index contributed by atoms with van der Waals surface area (Å²) in [6.07, 6.45) is 3.33. The Morgan fingerprint density at radius 1 is 1.06 bits per heavy atom. The first-order valence-electron chi connectivity index (χ1n) is 11.4. The average Bonchev–Trinajstić information content (AvgIpc) is 3.30. The number of rotatable bonds is 8. The first kappa shape index (κ1) is 24.0. The van der Waals surface area contributed by atoms with Gasteiger partial charge in [0.05, 0.1) is 32.8 Å². The smallest absolute Gasteiger partial charge is 0.248 e. The van der Waals surface area contributed by atoms with Crippen molar-refractivity contribution in [2.24, 2.45) is 0 Å². The Balaban J connectivity index is 1.76. The van der Waals surface area contributed by atoms with Crippen molar-refractivity contribution in [1.29, 1.82) is 0 Å². The summed E-state index contributed by atoms with van der Waals surface area (Å²) in [6.45, 7) is 6.30. The lowest BCUT2D eigenvalue weighted by atomic mass is 9.96. The quantitative estimate of drug-likeness (QED) is 0.284. The molecule has 0 aliphatic heterocycles. The lowest BCUT2D eigenvalue weighted by Crippen LogP contribution is -2.10. The minimum atomic E-state index is -0.287. The average molecular weight is 472 g/mol. The fourth-order valence-electron chi connectivity index (χ4n) is 4.14. The molecule has 0 saturated carbocycles. The van der Waals surface area contributed by atoms with E-state index in [-0.39, 0.29) is 5.91 Å². The van der Waals surface area contributed by atoms with E-state index in [9.17, 15) is 4.79 Å². The number of carbonyl (C=O) groups excluding carboxylic acids is 1. The standard InChI is InChI=1S/C29H29NO5/c1-6-34-28-19(3)29-23(24(17-35-29)20-10-8-7-9-11-20)16-22(28)18(2)14-27(31)30-25-15-21(32-4)12-13-26(25)33-5/h7-17H,6H2,1-5H3,(H,30,31)/b18-14+. The monoisotopic (exact) mass is 471 g/mol. The molecule has 35 heavy (non-hydrogen) atoms. The molecule has 1 aromatic heterocycles. The molecule has 1 N–H and O–H groups in total. The Morgan fingerprint density at radius 2 is 1.83 bits per heavy atom. The molecule has 180 valence electrons. The summed E-state index contributed by atoms with van der Waals surface area (Å²) in [5.74, 6) is 1.58. The molecular weight excluding hydrogens is 442 g/mol. The van der Waals surface area contributed by atoms with Gasteiger partial charge in [-0.3, -0.25) is 4.79 Å². The molecule has 0 spiro atoms. The number of amides is 1. The molecule has 0 aliphatic rings. The van der Waals surface area contributed by atoms with Gasteiger partial charge in [0.1, 0.15) is 22.8 Å². The van der Waals surface area contributed by atoms with Crippen LogP contribution in [-0.4, -0.2) is 26.7 Å². The number of hydrogen-bond acceptors (Lipinski definition) is 5. The van der Waals surface area contributed by atoms with Gasteiger partial charge < -0.3 is 23.9 Å². The normalized spacial score (nSPS) is 11.4. The zero-order valence-electron chi connectivity index (χ0n) is 20.6. The van der Waals surface area contributed by atoms with Gasteiger partial charge in [-0.25, -0.2) is 0 Å². The molecule has 6 nitrogen and oxygen atoms in total. The molecule has 0 bridgehead atoms. The molecule has 6 heteroatoms. The molecule has 4 rings (SSSR count). The Kier molecular flexibility index (Phi) is 7.11. The number of ether oxygens (including phenoxy) is 3. The number of aryl methyl sites for hydroxylation is 1. The van der Waals surface area contributed by atoms with Gasteiger partial charge >= 0.3 is 0 Å². The third kappa shape index (κ3) is 4.87. The van der Waals surface area contributed by atoms with Gasteiger partial charge in [-0.05, 0) is 50.1 Å². The van der Waals surface area contributed by atoms with E-state index in [0.29, 0.717) is 29.5 Å². The van der Waals surface area contributed by atoms with Crippen molar-refractivity contribution in [3.63, 3.8) is 0 Å². The highest BCUT2D eigenvalue weighted by Crippen LogP contribution is 2.40. The number of carbonyl (C=O) groups is 1. The van der Waals surface area contributed by atoms with Gasteiger partial charge in [0.25, 0.3) is 0 Å². The van der Waals surface area contributed by atoms with Gasteiger partial charge in [-0.15, -0.1) is 0 Å². The van der Waals surface area contributed by atoms with Crippen LogP contribution in [0.2, 0.25) is 0 Å². The molecule has 1 amide bonds. The molecular formula is C29H29NO5. The fraction of sp³-hybridized carbons (Fsp3) is 0.207. The van der Waals surface area contributed by atoms with E-state index in [1.165, 1.54) is 0 Å². The number of fused-ring (bicyclic) bond motifs is 1. The lowest BCUT2D eigenvalue weighted by Gasteiger charge is -2.15. The van der Waals surface area contributed by atoms with E-state index in [0.717, 1.165) is 38.8 Å². The minimum Gasteiger partial charge on any atom is -0.497 e. The highest BCUT2D eigenvalue weighted by molar-refractivity contribution is 6.06. The Labute approximate surface area is 205 Å². The zero-order chi connectivity index (χ0) is 24.9. The molecule has 4 aromatic rings. The molecule has 0 saturated heterocycles. The van der Waals surface area contributed by atoms with Crippen LogP contribution >= 0.6 is 0 Å². The maximum absolute atomic E-state index is 13.0. The topological polar surface area (TPSA) is 69.9 Å². The number of furan rings is 1. The summed E-state index contributed by atoms with van der Waals surface area (Å²) >= 11 is 0. The molecule has 0 fully saturated rings. The SMILES string of the molecule is CCOc1c(/C(C)=C/C(=O)Nc2cc(OC)ccc2OC)cc2c(-c3ccccc3)coc2c1C. The molecule has 1 heterocycles. The van der Waals surface area contributed by atoms with E-state index in [2.05, 4.69) is 5.32 Å². The second-order valence-corrected chi connectivity index (χ2v) is 8.09. The summed E-state index contributed by atoms with van der Waals surface area (Å²) in [6, 6.07) is 17.4. The van der Waals surface area contributed by atoms with E-state index in [1.54, 1.807) is 44.8 Å². The number of allylic oxidation sites excluding steroid dienone is 1. The van der Waals surface area contributed by atoms with Crippen LogP contribution in [0.4, 0.5) is 5.69 Å². The predicted octanol–water partition coefficient (Wildman–Crippen LogP) is 6.87. The molecule has 0 unspecified atom stereocenters. The van der Waals surface area contributed by atoms with E-state index < -0.39 is 0 Å². The first-order valence-corrected chi connectivity index (χ1v) is 11.4. The van der Waals surface area contributed by atoms with Crippen molar-refractivity contribution in [2.75, 3.05) is 26.1 Å². The molecule has 0 aliphatic carbocycles. The van der Waals surface area contributed by atoms with Crippen LogP contribution in [-0.2, 0) is 4.79 Å². The third-order valence-corrected chi connectivity index (χ3v) is 5.85. The summed E-state index contributed by atoms with van der Waals surface area (Å²) in [4.78, 5) is 13.0. The highest BCUT2D eigenvalue weighted by atomic mass is 16.5. The maximum atomic E-state index is 13.0. The molecule has 3 aromatic carbocycles. The first-order chi connectivity index (χ1) is 17.0. The number of anilines is 1. The van der Waals surface area contributed by atoms with Gasteiger partial charge in [0.15, 0.2) is 0 Å². The van der Waals surface area contributed by atoms with Crippen LogP contribution in [0.5, 0.6) is 17.2 Å². The summed E-state index contributed by atoms with van der Waals surface area (Å²) in [5.41, 5.74) is 5.84. The van der Waals surface area contributed by atoms with Crippen molar-refractivity contribution in [1.82, 2.24) is 0 Å². The van der Waals surface area contributed by atoms with Gasteiger partial charge in [-0.2, -0.15) is 0 Å². The van der Waals surface area contributed by atoms with Crippen LogP contribution < -0.4 is 19.5 Å². The largest absolute Gasteiger partial charge is 0.497 e. The van der Waals surface area contributed by atoms with Crippen LogP contribution in [0, 0.1) is 6.92 Å². The molecule has 0 radical (unpaired) electrons. The number of methoxy groups -OCH3 is 2. The Morgan fingerprint density at radius 3 is 2.51 bits per heavy atom. The van der Waals surface area contributed by atoms with Crippen LogP contribution in [0.15, 0.2) is 71.4 Å².